The summed E-state index contributed by atoms with van der Waals surface area (Å²) in [7, 11) is 3.91. The topological polar surface area (TPSA) is 84.1 Å². The molecule has 0 saturated heterocycles. The van der Waals surface area contributed by atoms with Crippen LogP contribution in [-0.4, -0.2) is 36.3 Å². The van der Waals surface area contributed by atoms with Crippen molar-refractivity contribution in [2.75, 3.05) is 25.6 Å². The summed E-state index contributed by atoms with van der Waals surface area (Å²) in [6, 6.07) is 13.7. The van der Waals surface area contributed by atoms with E-state index in [2.05, 4.69) is 4.99 Å². The van der Waals surface area contributed by atoms with Crippen molar-refractivity contribution in [3.05, 3.63) is 90.6 Å². The molecule has 0 unspecified atom stereocenters. The maximum Gasteiger partial charge on any atom is 0.338 e. The molecule has 0 fully saturated rings. The van der Waals surface area contributed by atoms with Gasteiger partial charge in [-0.3, -0.25) is 9.36 Å². The number of hydrogen-bond donors (Lipinski definition) is 1. The molecule has 2 aromatic carbocycles. The maximum absolute atomic E-state index is 13.5. The minimum atomic E-state index is -0.640. The smallest absolute Gasteiger partial charge is 0.338 e. The van der Waals surface area contributed by atoms with E-state index in [1.807, 2.05) is 43.3 Å². The highest BCUT2D eigenvalue weighted by Crippen LogP contribution is 2.31. The second-order valence-electron chi connectivity index (χ2n) is 7.88. The molecule has 4 rings (SSSR count). The highest BCUT2D eigenvalue weighted by molar-refractivity contribution is 7.07. The van der Waals surface area contributed by atoms with E-state index in [0.29, 0.717) is 20.6 Å². The van der Waals surface area contributed by atoms with Gasteiger partial charge in [0.1, 0.15) is 5.75 Å². The quantitative estimate of drug-likeness (QED) is 0.588. The Morgan fingerprint density at radius 1 is 1.18 bits per heavy atom. The summed E-state index contributed by atoms with van der Waals surface area (Å²) in [6.45, 7) is 3.75. The van der Waals surface area contributed by atoms with Gasteiger partial charge in [0.05, 0.1) is 28.5 Å². The summed E-state index contributed by atoms with van der Waals surface area (Å²) in [6.07, 6.45) is 1.76. The Morgan fingerprint density at radius 3 is 2.45 bits per heavy atom. The largest absolute Gasteiger partial charge is 0.508 e. The predicted molar refractivity (Wildman–Crippen MR) is 129 cm³/mol. The zero-order chi connectivity index (χ0) is 23.7. The standard InChI is InChI=1S/C25H25N3O4S/c1-5-32-24(31)21-15(2)26-25-28(22(21)17-8-10-18(11-9-17)27(3)4)23(30)20(33-25)14-16-6-12-19(29)13-7-16/h6-14,22,29H,5H2,1-4H3/b20-14+/t22-/m1/s1. The lowest BCUT2D eigenvalue weighted by Gasteiger charge is -2.25. The van der Waals surface area contributed by atoms with Gasteiger partial charge in [-0.05, 0) is 55.3 Å². The number of aromatic hydroxyl groups is 1. The summed E-state index contributed by atoms with van der Waals surface area (Å²) in [5.41, 5.74) is 3.26. The molecule has 0 saturated carbocycles. The fourth-order valence-corrected chi connectivity index (χ4v) is 4.83. The third-order valence-corrected chi connectivity index (χ3v) is 6.42. The molecule has 1 atom stereocenters. The van der Waals surface area contributed by atoms with E-state index < -0.39 is 12.0 Å². The molecule has 3 aromatic rings. The molecule has 1 aliphatic heterocycles. The molecule has 1 aliphatic rings. The molecule has 1 N–H and O–H groups in total. The van der Waals surface area contributed by atoms with E-state index in [1.54, 1.807) is 48.8 Å². The van der Waals surface area contributed by atoms with Crippen LogP contribution in [-0.2, 0) is 9.53 Å². The number of carbonyl (C=O) groups excluding carboxylic acids is 1. The second kappa shape index (κ2) is 9.07. The zero-order valence-corrected chi connectivity index (χ0v) is 19.7. The Labute approximate surface area is 195 Å². The number of rotatable bonds is 5. The zero-order valence-electron chi connectivity index (χ0n) is 18.9. The van der Waals surface area contributed by atoms with Crippen molar-refractivity contribution >= 4 is 29.1 Å². The molecular weight excluding hydrogens is 438 g/mol. The van der Waals surface area contributed by atoms with E-state index in [1.165, 1.54) is 11.3 Å². The van der Waals surface area contributed by atoms with Crippen LogP contribution in [0.25, 0.3) is 6.08 Å². The van der Waals surface area contributed by atoms with Crippen LogP contribution < -0.4 is 19.8 Å². The third-order valence-electron chi connectivity index (χ3n) is 5.43. The molecule has 170 valence electrons. The lowest BCUT2D eigenvalue weighted by Crippen LogP contribution is -2.39. The van der Waals surface area contributed by atoms with Crippen LogP contribution in [0.15, 0.2) is 69.6 Å². The Hall–Kier alpha value is -3.65. The first kappa shape index (κ1) is 22.5. The Kier molecular flexibility index (Phi) is 6.20. The van der Waals surface area contributed by atoms with E-state index >= 15 is 0 Å². The Bertz CT molecular complexity index is 1400. The predicted octanol–water partition coefficient (Wildman–Crippen LogP) is 2.57. The van der Waals surface area contributed by atoms with Crippen molar-refractivity contribution in [3.63, 3.8) is 0 Å². The summed E-state index contributed by atoms with van der Waals surface area (Å²) in [5, 5.41) is 9.53. The van der Waals surface area contributed by atoms with Crippen LogP contribution in [0.4, 0.5) is 5.69 Å². The summed E-state index contributed by atoms with van der Waals surface area (Å²) < 4.78 is 7.39. The fourth-order valence-electron chi connectivity index (χ4n) is 3.78. The van der Waals surface area contributed by atoms with Crippen molar-refractivity contribution in [2.45, 2.75) is 19.9 Å². The van der Waals surface area contributed by atoms with Gasteiger partial charge in [0.2, 0.25) is 0 Å². The van der Waals surface area contributed by atoms with Gasteiger partial charge in [0.25, 0.3) is 5.56 Å². The van der Waals surface area contributed by atoms with Crippen molar-refractivity contribution in [1.82, 2.24) is 4.57 Å². The molecule has 7 nitrogen and oxygen atoms in total. The van der Waals surface area contributed by atoms with Gasteiger partial charge in [-0.15, -0.1) is 0 Å². The van der Waals surface area contributed by atoms with Crippen LogP contribution >= 0.6 is 11.3 Å². The number of ether oxygens (including phenoxy) is 1. The number of thiazole rings is 1. The molecule has 0 bridgehead atoms. The number of carbonyl (C=O) groups is 1. The minimum absolute atomic E-state index is 0.157. The first-order valence-electron chi connectivity index (χ1n) is 10.6. The fraction of sp³-hybridized carbons (Fsp3) is 0.240. The molecule has 2 heterocycles. The lowest BCUT2D eigenvalue weighted by atomic mass is 9.95. The number of anilines is 1. The Morgan fingerprint density at radius 2 is 1.85 bits per heavy atom. The van der Waals surface area contributed by atoms with Crippen LogP contribution in [0, 0.1) is 0 Å². The molecule has 0 amide bonds. The molecule has 0 aliphatic carbocycles. The average Bonchev–Trinajstić information content (AvgIpc) is 3.09. The number of nitrogens with zero attached hydrogens (tertiary/aromatic N) is 3. The average molecular weight is 464 g/mol. The maximum atomic E-state index is 13.5. The van der Waals surface area contributed by atoms with Gasteiger partial charge in [-0.1, -0.05) is 35.6 Å². The van der Waals surface area contributed by atoms with E-state index in [0.717, 1.165) is 16.8 Å². The SMILES string of the molecule is CCOC(=O)C1=C(C)N=c2s/c(=C/c3ccc(O)cc3)c(=O)n2[C@@H]1c1ccc(N(C)C)cc1. The number of fused-ring (bicyclic) bond motifs is 1. The highest BCUT2D eigenvalue weighted by Gasteiger charge is 2.33. The summed E-state index contributed by atoms with van der Waals surface area (Å²) in [5.74, 6) is -0.322. The van der Waals surface area contributed by atoms with Gasteiger partial charge in [0, 0.05) is 19.8 Å². The third kappa shape index (κ3) is 4.34. The molecule has 0 radical (unpaired) electrons. The highest BCUT2D eigenvalue weighted by atomic mass is 32.1. The Balaban J connectivity index is 1.92. The van der Waals surface area contributed by atoms with E-state index in [-0.39, 0.29) is 17.9 Å². The first-order chi connectivity index (χ1) is 15.8. The number of benzene rings is 2. The van der Waals surface area contributed by atoms with Crippen molar-refractivity contribution < 1.29 is 14.6 Å². The lowest BCUT2D eigenvalue weighted by molar-refractivity contribution is -0.139. The number of hydrogen-bond acceptors (Lipinski definition) is 7. The summed E-state index contributed by atoms with van der Waals surface area (Å²) in [4.78, 5) is 33.5. The minimum Gasteiger partial charge on any atom is -0.508 e. The van der Waals surface area contributed by atoms with Crippen LogP contribution in [0.1, 0.15) is 31.0 Å². The number of esters is 1. The van der Waals surface area contributed by atoms with Gasteiger partial charge in [-0.2, -0.15) is 0 Å². The van der Waals surface area contributed by atoms with Gasteiger partial charge >= 0.3 is 5.97 Å². The number of phenols is 1. The van der Waals surface area contributed by atoms with Crippen molar-refractivity contribution in [2.24, 2.45) is 4.99 Å². The molecule has 1 aromatic heterocycles. The van der Waals surface area contributed by atoms with Crippen molar-refractivity contribution in [3.8, 4) is 5.75 Å². The van der Waals surface area contributed by atoms with Gasteiger partial charge < -0.3 is 14.7 Å². The second-order valence-corrected chi connectivity index (χ2v) is 8.89. The normalized spacial score (nSPS) is 15.8. The van der Waals surface area contributed by atoms with Gasteiger partial charge in [-0.25, -0.2) is 9.79 Å². The number of allylic oxidation sites excluding steroid dienone is 1. The molecule has 0 spiro atoms. The monoisotopic (exact) mass is 463 g/mol. The van der Waals surface area contributed by atoms with Crippen molar-refractivity contribution in [1.29, 1.82) is 0 Å². The van der Waals surface area contributed by atoms with Gasteiger partial charge in [0.15, 0.2) is 4.80 Å². The first-order valence-corrected chi connectivity index (χ1v) is 11.4. The number of aromatic nitrogens is 1. The molecule has 8 heteroatoms. The molecule has 33 heavy (non-hydrogen) atoms. The van der Waals surface area contributed by atoms with Crippen LogP contribution in [0.5, 0.6) is 5.75 Å². The van der Waals surface area contributed by atoms with Crippen LogP contribution in [0.2, 0.25) is 0 Å². The summed E-state index contributed by atoms with van der Waals surface area (Å²) >= 11 is 1.27. The van der Waals surface area contributed by atoms with E-state index in [9.17, 15) is 14.7 Å². The number of phenolic OH excluding ortho intramolecular Hbond substituents is 1. The molecular formula is C25H25N3O4S. The van der Waals surface area contributed by atoms with E-state index in [4.69, 9.17) is 4.74 Å². The van der Waals surface area contributed by atoms with Crippen LogP contribution in [0.3, 0.4) is 0 Å².